The summed E-state index contributed by atoms with van der Waals surface area (Å²) in [4.78, 5) is 24.9. The van der Waals surface area contributed by atoms with Crippen molar-refractivity contribution in [1.82, 2.24) is 4.98 Å². The van der Waals surface area contributed by atoms with Crippen molar-refractivity contribution in [2.75, 3.05) is 0 Å². The molecule has 72 valence electrons. The monoisotopic (exact) mass is 192 g/mol. The number of carbonyl (C=O) groups is 2. The number of aromatic carboxylic acids is 1. The number of carbonyl (C=O) groups excluding carboxylic acids is 1. The minimum absolute atomic E-state index is 0.0324. The van der Waals surface area contributed by atoms with Gasteiger partial charge < -0.3 is 10.8 Å². The lowest BCUT2D eigenvalue weighted by Gasteiger charge is -1.97. The lowest BCUT2D eigenvalue weighted by Crippen LogP contribution is -2.06. The van der Waals surface area contributed by atoms with Crippen LogP contribution in [0.4, 0.5) is 0 Å². The zero-order valence-corrected chi connectivity index (χ0v) is 7.18. The smallest absolute Gasteiger partial charge is 0.337 e. The van der Waals surface area contributed by atoms with Crippen LogP contribution in [0.3, 0.4) is 0 Å². The van der Waals surface area contributed by atoms with Gasteiger partial charge in [0.1, 0.15) is 0 Å². The molecule has 0 aliphatic carbocycles. The highest BCUT2D eigenvalue weighted by Gasteiger charge is 2.07. The Labute approximate surface area is 79.9 Å². The number of amides is 1. The van der Waals surface area contributed by atoms with Gasteiger partial charge in [-0.1, -0.05) is 0 Å². The first-order chi connectivity index (χ1) is 6.61. The largest absolute Gasteiger partial charge is 0.478 e. The molecule has 0 spiro atoms. The molecule has 1 aromatic heterocycles. The molecular weight excluding hydrogens is 184 g/mol. The van der Waals surface area contributed by atoms with Gasteiger partial charge in [-0.05, 0) is 18.2 Å². The maximum atomic E-state index is 10.7. The molecule has 0 unspecified atom stereocenters. The normalized spacial score (nSPS) is 10.3. The summed E-state index contributed by atoms with van der Waals surface area (Å²) in [5.74, 6) is -1.74. The van der Waals surface area contributed by atoms with Crippen LogP contribution in [-0.4, -0.2) is 22.0 Å². The molecule has 0 fully saturated rings. The number of primary amides is 1. The fourth-order valence-electron chi connectivity index (χ4n) is 0.892. The van der Waals surface area contributed by atoms with E-state index >= 15 is 0 Å². The first-order valence-electron chi connectivity index (χ1n) is 3.77. The molecule has 0 radical (unpaired) electrons. The third kappa shape index (κ3) is 2.41. The van der Waals surface area contributed by atoms with Gasteiger partial charge >= 0.3 is 5.97 Å². The molecule has 0 aliphatic heterocycles. The molecule has 14 heavy (non-hydrogen) atoms. The molecule has 0 atom stereocenters. The number of aromatic nitrogens is 1. The zero-order valence-electron chi connectivity index (χ0n) is 7.18. The molecule has 5 heteroatoms. The molecular formula is C9H8N2O3. The van der Waals surface area contributed by atoms with Crippen molar-refractivity contribution in [2.45, 2.75) is 0 Å². The predicted molar refractivity (Wildman–Crippen MR) is 49.4 cm³/mol. The van der Waals surface area contributed by atoms with Gasteiger partial charge in [0.25, 0.3) is 0 Å². The summed E-state index contributed by atoms with van der Waals surface area (Å²) in [5, 5.41) is 8.74. The molecule has 0 aromatic carbocycles. The number of hydrogen-bond donors (Lipinski definition) is 2. The molecule has 1 aromatic rings. The van der Waals surface area contributed by atoms with Gasteiger partial charge in [0, 0.05) is 12.3 Å². The predicted octanol–water partition coefficient (Wildman–Crippen LogP) is 0.278. The summed E-state index contributed by atoms with van der Waals surface area (Å²) in [7, 11) is 0. The van der Waals surface area contributed by atoms with Gasteiger partial charge in [0.15, 0.2) is 0 Å². The van der Waals surface area contributed by atoms with E-state index in [0.29, 0.717) is 0 Å². The molecule has 0 saturated heterocycles. The minimum atomic E-state index is -1.10. The molecule has 1 rings (SSSR count). The van der Waals surface area contributed by atoms with Crippen LogP contribution >= 0.6 is 0 Å². The third-order valence-corrected chi connectivity index (χ3v) is 1.47. The van der Waals surface area contributed by atoms with Crippen molar-refractivity contribution in [3.63, 3.8) is 0 Å². The number of carboxylic acid groups (broad SMARTS) is 1. The maximum absolute atomic E-state index is 10.7. The number of pyridine rings is 1. The summed E-state index contributed by atoms with van der Waals surface area (Å²) in [5.41, 5.74) is 5.11. The highest BCUT2D eigenvalue weighted by atomic mass is 16.4. The van der Waals surface area contributed by atoms with Crippen LogP contribution in [0.15, 0.2) is 24.4 Å². The van der Waals surface area contributed by atoms with Crippen LogP contribution in [0.2, 0.25) is 0 Å². The first kappa shape index (κ1) is 9.91. The highest BCUT2D eigenvalue weighted by Crippen LogP contribution is 2.06. The fraction of sp³-hybridized carbons (Fsp3) is 0. The Morgan fingerprint density at radius 3 is 2.79 bits per heavy atom. The van der Waals surface area contributed by atoms with E-state index in [1.165, 1.54) is 24.4 Å². The zero-order chi connectivity index (χ0) is 10.6. The molecule has 1 amide bonds. The van der Waals surface area contributed by atoms with E-state index in [4.69, 9.17) is 10.8 Å². The van der Waals surface area contributed by atoms with Crippen LogP contribution in [-0.2, 0) is 4.79 Å². The van der Waals surface area contributed by atoms with Crippen LogP contribution in [0, 0.1) is 0 Å². The van der Waals surface area contributed by atoms with Crippen molar-refractivity contribution < 1.29 is 14.7 Å². The summed E-state index contributed by atoms with van der Waals surface area (Å²) >= 11 is 0. The number of nitrogens with zero attached hydrogens (tertiary/aromatic N) is 1. The summed E-state index contributed by atoms with van der Waals surface area (Å²) in [6, 6.07) is 2.90. The SMILES string of the molecule is NC(=O)C=Cc1ncccc1C(=O)O. The van der Waals surface area contributed by atoms with E-state index in [1.807, 2.05) is 0 Å². The summed E-state index contributed by atoms with van der Waals surface area (Å²) in [6.45, 7) is 0. The van der Waals surface area contributed by atoms with E-state index in [-0.39, 0.29) is 11.3 Å². The molecule has 3 N–H and O–H groups in total. The number of nitrogens with two attached hydrogens (primary N) is 1. The quantitative estimate of drug-likeness (QED) is 0.672. The Balaban J connectivity index is 3.07. The average molecular weight is 192 g/mol. The van der Waals surface area contributed by atoms with Gasteiger partial charge in [0.05, 0.1) is 11.3 Å². The lowest BCUT2D eigenvalue weighted by molar-refractivity contribution is -0.113. The van der Waals surface area contributed by atoms with Gasteiger partial charge in [-0.2, -0.15) is 0 Å². The second-order valence-electron chi connectivity index (χ2n) is 2.48. The maximum Gasteiger partial charge on any atom is 0.337 e. The molecule has 5 nitrogen and oxygen atoms in total. The highest BCUT2D eigenvalue weighted by molar-refractivity contribution is 5.94. The third-order valence-electron chi connectivity index (χ3n) is 1.47. The minimum Gasteiger partial charge on any atom is -0.478 e. The Morgan fingerprint density at radius 2 is 2.21 bits per heavy atom. The van der Waals surface area contributed by atoms with Crippen molar-refractivity contribution >= 4 is 18.0 Å². The van der Waals surface area contributed by atoms with Gasteiger partial charge in [-0.25, -0.2) is 4.79 Å². The first-order valence-corrected chi connectivity index (χ1v) is 3.77. The van der Waals surface area contributed by atoms with Gasteiger partial charge in [-0.15, -0.1) is 0 Å². The second kappa shape index (κ2) is 4.18. The lowest BCUT2D eigenvalue weighted by atomic mass is 10.2. The topological polar surface area (TPSA) is 93.3 Å². The Bertz CT molecular complexity index is 399. The van der Waals surface area contributed by atoms with E-state index in [9.17, 15) is 9.59 Å². The molecule has 0 bridgehead atoms. The number of carboxylic acids is 1. The van der Waals surface area contributed by atoms with Crippen molar-refractivity contribution in [3.8, 4) is 0 Å². The average Bonchev–Trinajstić information content (AvgIpc) is 2.15. The molecule has 0 aliphatic rings. The van der Waals surface area contributed by atoms with Gasteiger partial charge in [-0.3, -0.25) is 9.78 Å². The number of rotatable bonds is 3. The van der Waals surface area contributed by atoms with E-state index in [2.05, 4.69) is 4.98 Å². The fourth-order valence-corrected chi connectivity index (χ4v) is 0.892. The molecule has 0 saturated carbocycles. The van der Waals surface area contributed by atoms with Crippen molar-refractivity contribution in [3.05, 3.63) is 35.7 Å². The summed E-state index contributed by atoms with van der Waals surface area (Å²) in [6.07, 6.45) is 3.77. The van der Waals surface area contributed by atoms with Crippen molar-refractivity contribution in [2.24, 2.45) is 5.73 Å². The Morgan fingerprint density at radius 1 is 1.50 bits per heavy atom. The van der Waals surface area contributed by atoms with Crippen LogP contribution in [0.1, 0.15) is 16.1 Å². The Hall–Kier alpha value is -2.17. The second-order valence-corrected chi connectivity index (χ2v) is 2.48. The van der Waals surface area contributed by atoms with E-state index < -0.39 is 11.9 Å². The number of hydrogen-bond acceptors (Lipinski definition) is 3. The van der Waals surface area contributed by atoms with Crippen LogP contribution in [0.5, 0.6) is 0 Å². The summed E-state index contributed by atoms with van der Waals surface area (Å²) < 4.78 is 0. The standard InChI is InChI=1S/C9H8N2O3/c10-8(12)4-3-7-6(9(13)14)2-1-5-11-7/h1-5H,(H2,10,12)(H,13,14). The van der Waals surface area contributed by atoms with E-state index in [0.717, 1.165) is 6.08 Å². The van der Waals surface area contributed by atoms with Crippen LogP contribution in [0.25, 0.3) is 6.08 Å². The molecule has 1 heterocycles. The van der Waals surface area contributed by atoms with Crippen LogP contribution < -0.4 is 5.73 Å². The van der Waals surface area contributed by atoms with Crippen molar-refractivity contribution in [1.29, 1.82) is 0 Å². The van der Waals surface area contributed by atoms with Gasteiger partial charge in [0.2, 0.25) is 5.91 Å². The van der Waals surface area contributed by atoms with E-state index in [1.54, 1.807) is 0 Å². The Kier molecular flexibility index (Phi) is 2.96.